The van der Waals surface area contributed by atoms with Crippen molar-refractivity contribution in [3.63, 3.8) is 0 Å². The molecule has 2 nitrogen and oxygen atoms in total. The fourth-order valence-corrected chi connectivity index (χ4v) is 1.98. The molecule has 1 heterocycles. The summed E-state index contributed by atoms with van der Waals surface area (Å²) in [6.45, 7) is 4.34. The Kier molecular flexibility index (Phi) is 2.07. The van der Waals surface area contributed by atoms with Crippen LogP contribution in [-0.4, -0.2) is 13.1 Å². The van der Waals surface area contributed by atoms with Gasteiger partial charge in [0.25, 0.3) is 0 Å². The van der Waals surface area contributed by atoms with Crippen LogP contribution in [0.5, 0.6) is 0 Å². The van der Waals surface area contributed by atoms with Crippen LogP contribution in [0.15, 0.2) is 23.5 Å². The maximum Gasteiger partial charge on any atom is 0.0150 e. The molecule has 66 valence electrons. The first-order valence-corrected chi connectivity index (χ1v) is 4.78. The van der Waals surface area contributed by atoms with E-state index in [9.17, 15) is 0 Å². The number of hydrogen-bond acceptors (Lipinski definition) is 2. The van der Waals surface area contributed by atoms with Crippen LogP contribution in [0.1, 0.15) is 19.8 Å². The van der Waals surface area contributed by atoms with E-state index in [1.807, 2.05) is 0 Å². The zero-order valence-electron chi connectivity index (χ0n) is 7.56. The van der Waals surface area contributed by atoms with E-state index in [0.717, 1.165) is 19.0 Å². The van der Waals surface area contributed by atoms with Gasteiger partial charge in [-0.3, -0.25) is 0 Å². The molecule has 0 radical (unpaired) electrons. The first-order chi connectivity index (χ1) is 5.90. The van der Waals surface area contributed by atoms with E-state index in [1.165, 1.54) is 24.2 Å². The molecule has 1 atom stereocenters. The summed E-state index contributed by atoms with van der Waals surface area (Å²) < 4.78 is 0. The Morgan fingerprint density at radius 3 is 3.33 bits per heavy atom. The Bertz CT molecular complexity index is 228. The Labute approximate surface area is 73.7 Å². The second kappa shape index (κ2) is 3.21. The monoisotopic (exact) mass is 164 g/mol. The third-order valence-electron chi connectivity index (χ3n) is 2.60. The van der Waals surface area contributed by atoms with E-state index in [0.29, 0.717) is 0 Å². The smallest absolute Gasteiger partial charge is 0.0150 e. The topological polar surface area (TPSA) is 24.1 Å². The molecule has 2 heteroatoms. The van der Waals surface area contributed by atoms with Gasteiger partial charge < -0.3 is 10.6 Å². The zero-order chi connectivity index (χ0) is 8.39. The standard InChI is InChI=1S/C10H16N2/c1-2-11-9-3-4-10-8(7-9)5-6-12-10/h3-4,8,11-12H,2,5-7H2,1H3. The highest BCUT2D eigenvalue weighted by Gasteiger charge is 2.23. The van der Waals surface area contributed by atoms with Crippen LogP contribution in [0.2, 0.25) is 0 Å². The minimum absolute atomic E-state index is 0.768. The summed E-state index contributed by atoms with van der Waals surface area (Å²) in [4.78, 5) is 0. The minimum atomic E-state index is 0.768. The number of fused-ring (bicyclic) bond motifs is 1. The van der Waals surface area contributed by atoms with Crippen molar-refractivity contribution < 1.29 is 0 Å². The van der Waals surface area contributed by atoms with Crippen molar-refractivity contribution >= 4 is 0 Å². The van der Waals surface area contributed by atoms with Crippen molar-refractivity contribution in [3.8, 4) is 0 Å². The molecule has 0 aromatic carbocycles. The minimum Gasteiger partial charge on any atom is -0.389 e. The molecule has 1 fully saturated rings. The van der Waals surface area contributed by atoms with Crippen molar-refractivity contribution in [1.82, 2.24) is 10.6 Å². The van der Waals surface area contributed by atoms with Gasteiger partial charge in [0.15, 0.2) is 0 Å². The fraction of sp³-hybridized carbons (Fsp3) is 0.600. The van der Waals surface area contributed by atoms with Crippen LogP contribution >= 0.6 is 0 Å². The second-order valence-electron chi connectivity index (χ2n) is 3.46. The van der Waals surface area contributed by atoms with Gasteiger partial charge in [0, 0.05) is 30.4 Å². The Morgan fingerprint density at radius 2 is 2.50 bits per heavy atom. The number of allylic oxidation sites excluding steroid dienone is 4. The highest BCUT2D eigenvalue weighted by Crippen LogP contribution is 2.28. The van der Waals surface area contributed by atoms with Crippen molar-refractivity contribution in [2.45, 2.75) is 19.8 Å². The normalized spacial score (nSPS) is 26.9. The predicted molar refractivity (Wildman–Crippen MR) is 50.6 cm³/mol. The predicted octanol–water partition coefficient (Wildman–Crippen LogP) is 1.38. The van der Waals surface area contributed by atoms with Crippen LogP contribution < -0.4 is 10.6 Å². The van der Waals surface area contributed by atoms with Gasteiger partial charge in [0.1, 0.15) is 0 Å². The average molecular weight is 164 g/mol. The Morgan fingerprint density at radius 1 is 1.58 bits per heavy atom. The second-order valence-corrected chi connectivity index (χ2v) is 3.46. The number of nitrogens with one attached hydrogen (secondary N) is 2. The molecular formula is C10H16N2. The summed E-state index contributed by atoms with van der Waals surface area (Å²) in [5.41, 5.74) is 2.84. The molecule has 1 unspecified atom stereocenters. The Hall–Kier alpha value is -0.920. The first-order valence-electron chi connectivity index (χ1n) is 4.78. The van der Waals surface area contributed by atoms with E-state index in [2.05, 4.69) is 29.7 Å². The van der Waals surface area contributed by atoms with Crippen LogP contribution in [0.3, 0.4) is 0 Å². The quantitative estimate of drug-likeness (QED) is 0.644. The van der Waals surface area contributed by atoms with E-state index < -0.39 is 0 Å². The maximum atomic E-state index is 3.41. The lowest BCUT2D eigenvalue weighted by molar-refractivity contribution is 0.593. The van der Waals surface area contributed by atoms with Crippen LogP contribution in [0.4, 0.5) is 0 Å². The zero-order valence-corrected chi connectivity index (χ0v) is 7.56. The van der Waals surface area contributed by atoms with E-state index in [-0.39, 0.29) is 0 Å². The summed E-state index contributed by atoms with van der Waals surface area (Å²) in [6.07, 6.45) is 6.92. The summed E-state index contributed by atoms with van der Waals surface area (Å²) in [6, 6.07) is 0. The molecule has 0 aromatic heterocycles. The molecule has 0 spiro atoms. The average Bonchev–Trinajstić information content (AvgIpc) is 2.51. The molecule has 1 aliphatic heterocycles. The van der Waals surface area contributed by atoms with Crippen LogP contribution in [0.25, 0.3) is 0 Å². The number of hydrogen-bond donors (Lipinski definition) is 2. The SMILES string of the molecule is CCNC1=CC=C2NCCC2C1. The molecule has 0 bridgehead atoms. The number of rotatable bonds is 2. The van der Waals surface area contributed by atoms with E-state index in [4.69, 9.17) is 0 Å². The molecule has 1 saturated heterocycles. The summed E-state index contributed by atoms with van der Waals surface area (Å²) >= 11 is 0. The van der Waals surface area contributed by atoms with Crippen molar-refractivity contribution in [2.75, 3.05) is 13.1 Å². The summed E-state index contributed by atoms with van der Waals surface area (Å²) in [5.74, 6) is 0.768. The van der Waals surface area contributed by atoms with Gasteiger partial charge in [-0.2, -0.15) is 0 Å². The van der Waals surface area contributed by atoms with Gasteiger partial charge in [0.2, 0.25) is 0 Å². The lowest BCUT2D eigenvalue weighted by atomic mass is 9.95. The fourth-order valence-electron chi connectivity index (χ4n) is 1.98. The van der Waals surface area contributed by atoms with Gasteiger partial charge in [-0.05, 0) is 31.9 Å². The van der Waals surface area contributed by atoms with Crippen molar-refractivity contribution in [1.29, 1.82) is 0 Å². The highest BCUT2D eigenvalue weighted by atomic mass is 14.9. The van der Waals surface area contributed by atoms with Gasteiger partial charge in [-0.25, -0.2) is 0 Å². The summed E-state index contributed by atoms with van der Waals surface area (Å²) in [7, 11) is 0. The van der Waals surface area contributed by atoms with Gasteiger partial charge in [0.05, 0.1) is 0 Å². The largest absolute Gasteiger partial charge is 0.389 e. The van der Waals surface area contributed by atoms with Gasteiger partial charge >= 0.3 is 0 Å². The van der Waals surface area contributed by atoms with Crippen LogP contribution in [0, 0.1) is 5.92 Å². The molecule has 12 heavy (non-hydrogen) atoms. The van der Waals surface area contributed by atoms with Gasteiger partial charge in [-0.15, -0.1) is 0 Å². The van der Waals surface area contributed by atoms with E-state index in [1.54, 1.807) is 0 Å². The molecule has 2 aliphatic rings. The van der Waals surface area contributed by atoms with Crippen molar-refractivity contribution in [2.24, 2.45) is 5.92 Å². The highest BCUT2D eigenvalue weighted by molar-refractivity contribution is 5.26. The molecule has 1 aliphatic carbocycles. The maximum absolute atomic E-state index is 3.41. The third kappa shape index (κ3) is 1.33. The molecule has 0 saturated carbocycles. The lowest BCUT2D eigenvalue weighted by Crippen LogP contribution is -2.18. The van der Waals surface area contributed by atoms with E-state index >= 15 is 0 Å². The molecule has 2 N–H and O–H groups in total. The van der Waals surface area contributed by atoms with Gasteiger partial charge in [-0.1, -0.05) is 0 Å². The summed E-state index contributed by atoms with van der Waals surface area (Å²) in [5, 5.41) is 6.80. The van der Waals surface area contributed by atoms with Crippen molar-refractivity contribution in [3.05, 3.63) is 23.5 Å². The van der Waals surface area contributed by atoms with Crippen LogP contribution in [-0.2, 0) is 0 Å². The first kappa shape index (κ1) is 7.71. The lowest BCUT2D eigenvalue weighted by Gasteiger charge is -2.18. The molecule has 0 aromatic rings. The molecule has 2 rings (SSSR count). The Balaban J connectivity index is 2.05. The molecular weight excluding hydrogens is 148 g/mol. The molecule has 0 amide bonds. The third-order valence-corrected chi connectivity index (χ3v) is 2.60.